The van der Waals surface area contributed by atoms with Crippen molar-refractivity contribution in [1.82, 2.24) is 10.3 Å². The highest BCUT2D eigenvalue weighted by Gasteiger charge is 2.10. The van der Waals surface area contributed by atoms with Gasteiger partial charge in [-0.3, -0.25) is 0 Å². The molecule has 21 heavy (non-hydrogen) atoms. The maximum absolute atomic E-state index is 5.78. The average Bonchev–Trinajstić information content (AvgIpc) is 2.88. The molecule has 0 aliphatic carbocycles. The minimum Gasteiger partial charge on any atom is -0.431 e. The van der Waals surface area contributed by atoms with E-state index in [4.69, 9.17) is 4.42 Å². The van der Waals surface area contributed by atoms with E-state index in [2.05, 4.69) is 42.3 Å². The Labute approximate surface area is 128 Å². The molecule has 0 saturated carbocycles. The van der Waals surface area contributed by atoms with Crippen LogP contribution in [0.4, 0.5) is 0 Å². The lowest BCUT2D eigenvalue weighted by Gasteiger charge is -2.11. The van der Waals surface area contributed by atoms with Gasteiger partial charge in [-0.25, -0.2) is 4.98 Å². The zero-order valence-corrected chi connectivity index (χ0v) is 13.0. The van der Waals surface area contributed by atoms with Gasteiger partial charge in [0.1, 0.15) is 5.52 Å². The van der Waals surface area contributed by atoms with Gasteiger partial charge in [-0.05, 0) is 35.5 Å². The molecule has 0 unspecified atom stereocenters. The summed E-state index contributed by atoms with van der Waals surface area (Å²) < 4.78 is 5.78. The molecule has 3 nitrogen and oxygen atoms in total. The van der Waals surface area contributed by atoms with E-state index in [1.54, 1.807) is 11.8 Å². The predicted octanol–water partition coefficient (Wildman–Crippen LogP) is 4.48. The van der Waals surface area contributed by atoms with Gasteiger partial charge >= 0.3 is 0 Å². The fraction of sp³-hybridized carbons (Fsp3) is 0.235. The monoisotopic (exact) mass is 298 g/mol. The minimum absolute atomic E-state index is 0.465. The number of fused-ring (bicyclic) bond motifs is 1. The number of hydrogen-bond acceptors (Lipinski definition) is 4. The molecule has 0 aliphatic heterocycles. The second-order valence-electron chi connectivity index (χ2n) is 5.19. The first kappa shape index (κ1) is 14.2. The number of nitrogens with one attached hydrogen (secondary N) is 1. The van der Waals surface area contributed by atoms with E-state index < -0.39 is 0 Å². The zero-order valence-electron chi connectivity index (χ0n) is 12.2. The van der Waals surface area contributed by atoms with Crippen molar-refractivity contribution in [3.05, 3.63) is 54.1 Å². The Morgan fingerprint density at radius 2 is 1.86 bits per heavy atom. The lowest BCUT2D eigenvalue weighted by molar-refractivity contribution is 0.489. The molecule has 108 valence electrons. The van der Waals surface area contributed by atoms with Crippen LogP contribution in [-0.4, -0.2) is 11.0 Å². The van der Waals surface area contributed by atoms with Gasteiger partial charge in [-0.2, -0.15) is 0 Å². The third kappa shape index (κ3) is 3.46. The standard InChI is InChI=1S/C17H18N2OS/c1-12(2)18-11-13-7-3-6-10-16(13)21-17-19-14-8-4-5-9-15(14)20-17/h3-10,12,18H,11H2,1-2H3. The minimum atomic E-state index is 0.465. The Balaban J connectivity index is 1.83. The number of hydrogen-bond donors (Lipinski definition) is 1. The van der Waals surface area contributed by atoms with Gasteiger partial charge in [0, 0.05) is 17.5 Å². The first-order valence-corrected chi connectivity index (χ1v) is 7.89. The summed E-state index contributed by atoms with van der Waals surface area (Å²) in [6.45, 7) is 5.15. The summed E-state index contributed by atoms with van der Waals surface area (Å²) >= 11 is 1.57. The molecule has 1 N–H and O–H groups in total. The third-order valence-electron chi connectivity index (χ3n) is 3.14. The first-order chi connectivity index (χ1) is 10.2. The van der Waals surface area contributed by atoms with Crippen LogP contribution in [-0.2, 0) is 6.54 Å². The number of rotatable bonds is 5. The van der Waals surface area contributed by atoms with E-state index in [0.717, 1.165) is 17.6 Å². The molecule has 1 aromatic heterocycles. The van der Waals surface area contributed by atoms with Crippen molar-refractivity contribution in [3.8, 4) is 0 Å². The molecule has 0 atom stereocenters. The van der Waals surface area contributed by atoms with Crippen molar-refractivity contribution in [1.29, 1.82) is 0 Å². The summed E-state index contributed by atoms with van der Waals surface area (Å²) in [5.41, 5.74) is 2.99. The van der Waals surface area contributed by atoms with Crippen LogP contribution in [0.25, 0.3) is 11.1 Å². The van der Waals surface area contributed by atoms with Crippen molar-refractivity contribution in [2.24, 2.45) is 0 Å². The van der Waals surface area contributed by atoms with Gasteiger partial charge in [-0.1, -0.05) is 44.2 Å². The van der Waals surface area contributed by atoms with Crippen LogP contribution in [0.1, 0.15) is 19.4 Å². The maximum atomic E-state index is 5.78. The summed E-state index contributed by atoms with van der Waals surface area (Å²) in [5.74, 6) is 0. The average molecular weight is 298 g/mol. The summed E-state index contributed by atoms with van der Waals surface area (Å²) in [6, 6.07) is 16.7. The van der Waals surface area contributed by atoms with E-state index in [0.29, 0.717) is 11.3 Å². The molecule has 1 heterocycles. The van der Waals surface area contributed by atoms with Crippen LogP contribution >= 0.6 is 11.8 Å². The molecule has 3 rings (SSSR count). The molecule has 3 aromatic rings. The Bertz CT molecular complexity index is 703. The molecule has 0 radical (unpaired) electrons. The van der Waals surface area contributed by atoms with Crippen LogP contribution in [0.3, 0.4) is 0 Å². The van der Waals surface area contributed by atoms with Crippen molar-refractivity contribution >= 4 is 22.9 Å². The van der Waals surface area contributed by atoms with Crippen molar-refractivity contribution < 1.29 is 4.42 Å². The van der Waals surface area contributed by atoms with Gasteiger partial charge in [0.15, 0.2) is 5.58 Å². The summed E-state index contributed by atoms with van der Waals surface area (Å²) in [4.78, 5) is 5.70. The SMILES string of the molecule is CC(C)NCc1ccccc1Sc1nc2ccccc2o1. The first-order valence-electron chi connectivity index (χ1n) is 7.07. The Hall–Kier alpha value is -1.78. The highest BCUT2D eigenvalue weighted by atomic mass is 32.2. The normalized spacial score (nSPS) is 11.4. The molecule has 4 heteroatoms. The van der Waals surface area contributed by atoms with Gasteiger partial charge in [0.05, 0.1) is 0 Å². The van der Waals surface area contributed by atoms with Gasteiger partial charge in [-0.15, -0.1) is 0 Å². The quantitative estimate of drug-likeness (QED) is 0.754. The summed E-state index contributed by atoms with van der Waals surface area (Å²) in [6.07, 6.45) is 0. The molecule has 0 amide bonds. The number of oxazole rings is 1. The fourth-order valence-electron chi connectivity index (χ4n) is 2.05. The Kier molecular flexibility index (Phi) is 4.27. The number of para-hydroxylation sites is 2. The highest BCUT2D eigenvalue weighted by Crippen LogP contribution is 2.32. The second kappa shape index (κ2) is 6.33. The molecule has 0 bridgehead atoms. The number of nitrogens with zero attached hydrogens (tertiary/aromatic N) is 1. The van der Waals surface area contributed by atoms with Gasteiger partial charge in [0.25, 0.3) is 5.22 Å². The number of aromatic nitrogens is 1. The van der Waals surface area contributed by atoms with E-state index in [9.17, 15) is 0 Å². The molecular weight excluding hydrogens is 280 g/mol. The van der Waals surface area contributed by atoms with Crippen molar-refractivity contribution in [2.75, 3.05) is 0 Å². The fourth-order valence-corrected chi connectivity index (χ4v) is 2.93. The van der Waals surface area contributed by atoms with Crippen LogP contribution in [0.2, 0.25) is 0 Å². The molecule has 0 fully saturated rings. The maximum Gasteiger partial charge on any atom is 0.261 e. The largest absolute Gasteiger partial charge is 0.431 e. The Morgan fingerprint density at radius 1 is 1.10 bits per heavy atom. The lowest BCUT2D eigenvalue weighted by Crippen LogP contribution is -2.22. The van der Waals surface area contributed by atoms with Gasteiger partial charge in [0.2, 0.25) is 0 Å². The van der Waals surface area contributed by atoms with E-state index in [1.807, 2.05) is 30.3 Å². The second-order valence-corrected chi connectivity index (χ2v) is 6.19. The van der Waals surface area contributed by atoms with Crippen molar-refractivity contribution in [3.63, 3.8) is 0 Å². The highest BCUT2D eigenvalue weighted by molar-refractivity contribution is 7.99. The molecule has 0 saturated heterocycles. The van der Waals surface area contributed by atoms with E-state index in [-0.39, 0.29) is 0 Å². The van der Waals surface area contributed by atoms with E-state index in [1.165, 1.54) is 10.5 Å². The van der Waals surface area contributed by atoms with E-state index >= 15 is 0 Å². The third-order valence-corrected chi connectivity index (χ3v) is 4.11. The summed E-state index contributed by atoms with van der Waals surface area (Å²) in [5, 5.41) is 4.14. The van der Waals surface area contributed by atoms with Crippen molar-refractivity contribution in [2.45, 2.75) is 36.6 Å². The summed E-state index contributed by atoms with van der Waals surface area (Å²) in [7, 11) is 0. The molecule has 0 spiro atoms. The smallest absolute Gasteiger partial charge is 0.261 e. The van der Waals surface area contributed by atoms with Gasteiger partial charge < -0.3 is 9.73 Å². The van der Waals surface area contributed by atoms with Crippen LogP contribution < -0.4 is 5.32 Å². The topological polar surface area (TPSA) is 38.1 Å². The van der Waals surface area contributed by atoms with Crippen LogP contribution in [0.15, 0.2) is 63.1 Å². The van der Waals surface area contributed by atoms with Crippen LogP contribution in [0, 0.1) is 0 Å². The Morgan fingerprint density at radius 3 is 2.67 bits per heavy atom. The zero-order chi connectivity index (χ0) is 14.7. The predicted molar refractivity (Wildman–Crippen MR) is 86.5 cm³/mol. The molecule has 0 aliphatic rings. The van der Waals surface area contributed by atoms with Crippen LogP contribution in [0.5, 0.6) is 0 Å². The number of benzene rings is 2. The lowest BCUT2D eigenvalue weighted by atomic mass is 10.2. The molecular formula is C17H18N2OS. The molecule has 2 aromatic carbocycles.